The molecule has 0 radical (unpaired) electrons. The first-order valence-corrected chi connectivity index (χ1v) is 6.31. The maximum atomic E-state index is 12.7. The van der Waals surface area contributed by atoms with Gasteiger partial charge in [-0.1, -0.05) is 6.92 Å². The van der Waals surface area contributed by atoms with Crippen molar-refractivity contribution in [2.45, 2.75) is 38.3 Å². The van der Waals surface area contributed by atoms with E-state index in [9.17, 15) is 4.39 Å². The lowest BCUT2D eigenvalue weighted by Crippen LogP contribution is -2.29. The lowest BCUT2D eigenvalue weighted by molar-refractivity contribution is 0.266. The van der Waals surface area contributed by atoms with Crippen molar-refractivity contribution in [2.75, 3.05) is 13.1 Å². The van der Waals surface area contributed by atoms with Crippen molar-refractivity contribution in [1.82, 2.24) is 9.88 Å². The summed E-state index contributed by atoms with van der Waals surface area (Å²) in [6.07, 6.45) is 4.74. The van der Waals surface area contributed by atoms with E-state index in [1.165, 1.54) is 25.1 Å². The fraction of sp³-hybridized carbons (Fsp3) is 0.615. The number of hydrogen-bond acceptors (Lipinski definition) is 3. The Morgan fingerprint density at radius 1 is 1.53 bits per heavy atom. The van der Waals surface area contributed by atoms with Crippen molar-refractivity contribution in [3.8, 4) is 0 Å². The first-order chi connectivity index (χ1) is 8.20. The summed E-state index contributed by atoms with van der Waals surface area (Å²) in [4.78, 5) is 6.49. The maximum absolute atomic E-state index is 12.7. The molecule has 0 amide bonds. The molecule has 4 heteroatoms. The molecule has 17 heavy (non-hydrogen) atoms. The minimum atomic E-state index is -0.311. The van der Waals surface area contributed by atoms with E-state index in [2.05, 4.69) is 16.8 Å². The first-order valence-electron chi connectivity index (χ1n) is 6.31. The molecule has 94 valence electrons. The third-order valence-electron chi connectivity index (χ3n) is 3.33. The Bertz CT molecular complexity index is 348. The molecule has 2 rings (SSSR count). The van der Waals surface area contributed by atoms with E-state index in [0.29, 0.717) is 0 Å². The summed E-state index contributed by atoms with van der Waals surface area (Å²) in [6, 6.07) is 3.77. The van der Waals surface area contributed by atoms with Crippen molar-refractivity contribution in [3.63, 3.8) is 0 Å². The van der Waals surface area contributed by atoms with Crippen LogP contribution in [0.5, 0.6) is 0 Å². The van der Waals surface area contributed by atoms with Crippen molar-refractivity contribution in [2.24, 2.45) is 5.73 Å². The van der Waals surface area contributed by atoms with Crippen LogP contribution < -0.4 is 5.73 Å². The quantitative estimate of drug-likeness (QED) is 0.823. The Kier molecular flexibility index (Phi) is 4.07. The number of pyridine rings is 1. The van der Waals surface area contributed by atoms with Crippen molar-refractivity contribution in [3.05, 3.63) is 29.8 Å². The molecule has 0 bridgehead atoms. The van der Waals surface area contributed by atoms with Gasteiger partial charge in [0.1, 0.15) is 5.82 Å². The predicted octanol–water partition coefficient (Wildman–Crippen LogP) is 2.09. The van der Waals surface area contributed by atoms with E-state index in [4.69, 9.17) is 5.73 Å². The Hall–Kier alpha value is -1.00. The van der Waals surface area contributed by atoms with Gasteiger partial charge in [-0.2, -0.15) is 0 Å². The van der Waals surface area contributed by atoms with Crippen LogP contribution in [0, 0.1) is 5.82 Å². The van der Waals surface area contributed by atoms with E-state index < -0.39 is 0 Å². The Morgan fingerprint density at radius 2 is 2.29 bits per heavy atom. The summed E-state index contributed by atoms with van der Waals surface area (Å²) < 4.78 is 12.7. The van der Waals surface area contributed by atoms with Crippen LogP contribution in [0.2, 0.25) is 0 Å². The molecule has 3 nitrogen and oxygen atoms in total. The van der Waals surface area contributed by atoms with E-state index in [0.717, 1.165) is 31.2 Å². The maximum Gasteiger partial charge on any atom is 0.141 e. The Labute approximate surface area is 102 Å². The minimum absolute atomic E-state index is 0.0941. The highest BCUT2D eigenvalue weighted by molar-refractivity contribution is 5.09. The van der Waals surface area contributed by atoms with Gasteiger partial charge in [-0.25, -0.2) is 4.39 Å². The standard InChI is InChI=1S/C13H20FN3/c1-2-17(11-4-5-11)8-7-12(15)13-6-3-10(14)9-16-13/h3,6,9,11-12H,2,4-5,7-8,15H2,1H3. The molecule has 0 saturated heterocycles. The molecule has 1 aromatic heterocycles. The highest BCUT2D eigenvalue weighted by Crippen LogP contribution is 2.27. The molecule has 0 aromatic carbocycles. The molecule has 2 N–H and O–H groups in total. The number of halogens is 1. The van der Waals surface area contributed by atoms with Gasteiger partial charge in [-0.05, 0) is 37.9 Å². The Balaban J connectivity index is 1.83. The fourth-order valence-corrected chi connectivity index (χ4v) is 2.10. The van der Waals surface area contributed by atoms with Crippen LogP contribution >= 0.6 is 0 Å². The number of aromatic nitrogens is 1. The van der Waals surface area contributed by atoms with Gasteiger partial charge in [0.25, 0.3) is 0 Å². The van der Waals surface area contributed by atoms with Crippen molar-refractivity contribution >= 4 is 0 Å². The molecule has 1 aliphatic carbocycles. The zero-order valence-electron chi connectivity index (χ0n) is 10.3. The second-order valence-corrected chi connectivity index (χ2v) is 4.66. The Morgan fingerprint density at radius 3 is 2.82 bits per heavy atom. The lowest BCUT2D eigenvalue weighted by atomic mass is 10.1. The van der Waals surface area contributed by atoms with Crippen LogP contribution in [0.4, 0.5) is 4.39 Å². The van der Waals surface area contributed by atoms with E-state index in [1.54, 1.807) is 6.07 Å². The normalized spacial score (nSPS) is 17.4. The molecule has 1 fully saturated rings. The lowest BCUT2D eigenvalue weighted by Gasteiger charge is -2.21. The van der Waals surface area contributed by atoms with Crippen LogP contribution in [0.1, 0.15) is 37.9 Å². The smallest absolute Gasteiger partial charge is 0.141 e. The summed E-state index contributed by atoms with van der Waals surface area (Å²) >= 11 is 0. The highest BCUT2D eigenvalue weighted by Gasteiger charge is 2.27. The van der Waals surface area contributed by atoms with E-state index >= 15 is 0 Å². The number of nitrogens with two attached hydrogens (primary N) is 1. The topological polar surface area (TPSA) is 42.1 Å². The van der Waals surface area contributed by atoms with Gasteiger partial charge >= 0.3 is 0 Å². The zero-order chi connectivity index (χ0) is 12.3. The summed E-state index contributed by atoms with van der Waals surface area (Å²) in [5.74, 6) is -0.311. The average molecular weight is 237 g/mol. The molecule has 1 unspecified atom stereocenters. The molecule has 1 atom stereocenters. The van der Waals surface area contributed by atoms with Crippen LogP contribution in [0.15, 0.2) is 18.3 Å². The third kappa shape index (κ3) is 3.48. The summed E-state index contributed by atoms with van der Waals surface area (Å²) in [5.41, 5.74) is 6.83. The van der Waals surface area contributed by atoms with E-state index in [-0.39, 0.29) is 11.9 Å². The average Bonchev–Trinajstić information content (AvgIpc) is 3.15. The molecule has 1 saturated carbocycles. The number of rotatable bonds is 6. The molecule has 1 heterocycles. The molecule has 1 aliphatic rings. The third-order valence-corrected chi connectivity index (χ3v) is 3.33. The number of nitrogens with zero attached hydrogens (tertiary/aromatic N) is 2. The van der Waals surface area contributed by atoms with Crippen LogP contribution in [0.3, 0.4) is 0 Å². The van der Waals surface area contributed by atoms with E-state index in [1.807, 2.05) is 0 Å². The zero-order valence-corrected chi connectivity index (χ0v) is 10.3. The summed E-state index contributed by atoms with van der Waals surface area (Å²) in [7, 11) is 0. The predicted molar refractivity (Wildman–Crippen MR) is 66.0 cm³/mol. The minimum Gasteiger partial charge on any atom is -0.323 e. The van der Waals surface area contributed by atoms with Gasteiger partial charge in [0, 0.05) is 18.6 Å². The van der Waals surface area contributed by atoms with Gasteiger partial charge in [-0.15, -0.1) is 0 Å². The highest BCUT2D eigenvalue weighted by atomic mass is 19.1. The molecule has 1 aromatic rings. The van der Waals surface area contributed by atoms with Crippen molar-refractivity contribution in [1.29, 1.82) is 0 Å². The fourth-order valence-electron chi connectivity index (χ4n) is 2.10. The largest absolute Gasteiger partial charge is 0.323 e. The second-order valence-electron chi connectivity index (χ2n) is 4.66. The first kappa shape index (κ1) is 12.5. The van der Waals surface area contributed by atoms with Crippen LogP contribution in [0.25, 0.3) is 0 Å². The molecular formula is C13H20FN3. The van der Waals surface area contributed by atoms with Gasteiger partial charge < -0.3 is 10.6 Å². The SMILES string of the molecule is CCN(CCC(N)c1ccc(F)cn1)C1CC1. The van der Waals surface area contributed by atoms with Crippen LogP contribution in [-0.2, 0) is 0 Å². The van der Waals surface area contributed by atoms with Crippen molar-refractivity contribution < 1.29 is 4.39 Å². The van der Waals surface area contributed by atoms with Gasteiger partial charge in [-0.3, -0.25) is 4.98 Å². The van der Waals surface area contributed by atoms with Gasteiger partial charge in [0.15, 0.2) is 0 Å². The molecule has 0 aliphatic heterocycles. The number of hydrogen-bond donors (Lipinski definition) is 1. The van der Waals surface area contributed by atoms with Gasteiger partial charge in [0.05, 0.1) is 11.9 Å². The molecule has 0 spiro atoms. The monoisotopic (exact) mass is 237 g/mol. The summed E-state index contributed by atoms with van der Waals surface area (Å²) in [6.45, 7) is 4.26. The van der Waals surface area contributed by atoms with Crippen LogP contribution in [-0.4, -0.2) is 29.0 Å². The second kappa shape index (κ2) is 5.56. The van der Waals surface area contributed by atoms with Gasteiger partial charge in [0.2, 0.25) is 0 Å². The summed E-state index contributed by atoms with van der Waals surface area (Å²) in [5, 5.41) is 0. The molecular weight excluding hydrogens is 217 g/mol.